The smallest absolute Gasteiger partial charge is 0.306 e. The normalized spacial score (nSPS) is 12.0. The molecule has 0 aromatic rings. The van der Waals surface area contributed by atoms with Crippen LogP contribution < -0.4 is 0 Å². The van der Waals surface area contributed by atoms with Crippen LogP contribution in [0.25, 0.3) is 0 Å². The maximum absolute atomic E-state index is 11.8. The summed E-state index contributed by atoms with van der Waals surface area (Å²) in [5.41, 5.74) is 0. The Hall–Kier alpha value is -1.06. The molecule has 0 saturated heterocycles. The lowest BCUT2D eigenvalue weighted by atomic mass is 9.99. The molecular weight excluding hydrogens is 400 g/mol. The summed E-state index contributed by atoms with van der Waals surface area (Å²) in [5.74, 6) is 0.395. The Kier molecular flexibility index (Phi) is 23.8. The van der Waals surface area contributed by atoms with E-state index in [2.05, 4.69) is 20.8 Å². The number of carbonyl (C=O) groups is 2. The molecular formula is C28H54O4. The van der Waals surface area contributed by atoms with Crippen LogP contribution >= 0.6 is 0 Å². The summed E-state index contributed by atoms with van der Waals surface area (Å²) in [7, 11) is 0. The molecule has 0 bridgehead atoms. The first kappa shape index (κ1) is 30.9. The van der Waals surface area contributed by atoms with Crippen LogP contribution in [0, 0.1) is 5.92 Å². The van der Waals surface area contributed by atoms with E-state index in [0.29, 0.717) is 32.0 Å². The predicted octanol–water partition coefficient (Wildman–Crippen LogP) is 8.55. The van der Waals surface area contributed by atoms with Gasteiger partial charge in [0.2, 0.25) is 0 Å². The molecule has 0 aromatic heterocycles. The minimum Gasteiger partial charge on any atom is -0.466 e. The molecule has 0 amide bonds. The van der Waals surface area contributed by atoms with Crippen LogP contribution in [0.15, 0.2) is 0 Å². The first-order valence-electron chi connectivity index (χ1n) is 13.9. The topological polar surface area (TPSA) is 52.6 Å². The molecule has 0 saturated carbocycles. The van der Waals surface area contributed by atoms with Gasteiger partial charge in [-0.15, -0.1) is 0 Å². The summed E-state index contributed by atoms with van der Waals surface area (Å²) in [6.45, 7) is 7.73. The van der Waals surface area contributed by atoms with Gasteiger partial charge in [-0.2, -0.15) is 0 Å². The summed E-state index contributed by atoms with van der Waals surface area (Å²) in [6.07, 6.45) is 22.4. The average molecular weight is 455 g/mol. The molecule has 0 radical (unpaired) electrons. The van der Waals surface area contributed by atoms with Gasteiger partial charge < -0.3 is 9.47 Å². The lowest BCUT2D eigenvalue weighted by Crippen LogP contribution is -2.10. The van der Waals surface area contributed by atoms with Gasteiger partial charge in [-0.05, 0) is 25.2 Å². The quantitative estimate of drug-likeness (QED) is 0.108. The van der Waals surface area contributed by atoms with Crippen molar-refractivity contribution < 1.29 is 19.1 Å². The summed E-state index contributed by atoms with van der Waals surface area (Å²) < 4.78 is 10.6. The summed E-state index contributed by atoms with van der Waals surface area (Å²) in [5, 5.41) is 0. The lowest BCUT2D eigenvalue weighted by Gasteiger charge is -2.11. The van der Waals surface area contributed by atoms with Gasteiger partial charge in [0.1, 0.15) is 0 Å². The van der Waals surface area contributed by atoms with Gasteiger partial charge in [0, 0.05) is 12.8 Å². The molecule has 0 aliphatic carbocycles. The van der Waals surface area contributed by atoms with Crippen LogP contribution in [-0.2, 0) is 19.1 Å². The number of hydrogen-bond acceptors (Lipinski definition) is 4. The van der Waals surface area contributed by atoms with E-state index in [1.165, 1.54) is 70.6 Å². The van der Waals surface area contributed by atoms with Crippen LogP contribution in [0.2, 0.25) is 0 Å². The Morgan fingerprint density at radius 3 is 1.53 bits per heavy atom. The van der Waals surface area contributed by atoms with Crippen molar-refractivity contribution in [2.45, 2.75) is 149 Å². The first-order chi connectivity index (χ1) is 15.6. The zero-order chi connectivity index (χ0) is 23.7. The molecule has 32 heavy (non-hydrogen) atoms. The third-order valence-corrected chi connectivity index (χ3v) is 6.11. The van der Waals surface area contributed by atoms with Crippen LogP contribution in [0.4, 0.5) is 0 Å². The highest BCUT2D eigenvalue weighted by molar-refractivity contribution is 5.69. The van der Waals surface area contributed by atoms with Gasteiger partial charge in [0.15, 0.2) is 0 Å². The highest BCUT2D eigenvalue weighted by Gasteiger charge is 2.10. The number of ether oxygens (including phenoxy) is 2. The van der Waals surface area contributed by atoms with Crippen molar-refractivity contribution in [2.75, 3.05) is 13.2 Å². The summed E-state index contributed by atoms with van der Waals surface area (Å²) in [6, 6.07) is 0. The molecule has 0 aliphatic rings. The minimum atomic E-state index is -0.0192. The zero-order valence-electron chi connectivity index (χ0n) is 21.8. The Labute approximate surface area is 199 Å². The second-order valence-electron chi connectivity index (χ2n) is 9.59. The molecule has 0 spiro atoms. The first-order valence-corrected chi connectivity index (χ1v) is 13.9. The van der Waals surface area contributed by atoms with Gasteiger partial charge in [0.25, 0.3) is 0 Å². The van der Waals surface area contributed by atoms with E-state index in [1.807, 2.05) is 0 Å². The standard InChI is InChI=1S/C28H54O4/c1-4-6-8-19-23-31-27(29)22-18-16-14-12-10-11-13-15-17-21-26(3)25-28(30)32-24-20-9-7-5-2/h26H,4-25H2,1-3H3. The van der Waals surface area contributed by atoms with E-state index in [9.17, 15) is 9.59 Å². The van der Waals surface area contributed by atoms with Crippen molar-refractivity contribution in [1.82, 2.24) is 0 Å². The van der Waals surface area contributed by atoms with Crippen molar-refractivity contribution in [3.05, 3.63) is 0 Å². The number of hydrogen-bond donors (Lipinski definition) is 0. The average Bonchev–Trinajstić information content (AvgIpc) is 2.77. The maximum atomic E-state index is 11.8. The molecule has 0 rings (SSSR count). The summed E-state index contributed by atoms with van der Waals surface area (Å²) in [4.78, 5) is 23.5. The Balaban J connectivity index is 3.32. The molecule has 0 N–H and O–H groups in total. The van der Waals surface area contributed by atoms with E-state index < -0.39 is 0 Å². The molecule has 0 aromatic carbocycles. The van der Waals surface area contributed by atoms with Crippen molar-refractivity contribution >= 4 is 11.9 Å². The molecule has 0 fully saturated rings. The monoisotopic (exact) mass is 454 g/mol. The fraction of sp³-hybridized carbons (Fsp3) is 0.929. The molecule has 1 unspecified atom stereocenters. The maximum Gasteiger partial charge on any atom is 0.306 e. The number of esters is 2. The molecule has 1 atom stereocenters. The van der Waals surface area contributed by atoms with Crippen LogP contribution in [0.5, 0.6) is 0 Å². The molecule has 0 aliphatic heterocycles. The van der Waals surface area contributed by atoms with Crippen molar-refractivity contribution in [3.63, 3.8) is 0 Å². The van der Waals surface area contributed by atoms with Gasteiger partial charge in [0.05, 0.1) is 13.2 Å². The van der Waals surface area contributed by atoms with E-state index >= 15 is 0 Å². The minimum absolute atomic E-state index is 0.0176. The van der Waals surface area contributed by atoms with Crippen LogP contribution in [0.3, 0.4) is 0 Å². The predicted molar refractivity (Wildman–Crippen MR) is 135 cm³/mol. The van der Waals surface area contributed by atoms with Gasteiger partial charge >= 0.3 is 11.9 Å². The number of unbranched alkanes of at least 4 members (excludes halogenated alkanes) is 14. The van der Waals surface area contributed by atoms with E-state index in [4.69, 9.17) is 9.47 Å². The molecule has 0 heterocycles. The second-order valence-corrected chi connectivity index (χ2v) is 9.59. The summed E-state index contributed by atoms with van der Waals surface area (Å²) >= 11 is 0. The van der Waals surface area contributed by atoms with Crippen molar-refractivity contribution in [3.8, 4) is 0 Å². The number of rotatable bonds is 24. The Morgan fingerprint density at radius 2 is 1.00 bits per heavy atom. The van der Waals surface area contributed by atoms with Gasteiger partial charge in [-0.3, -0.25) is 9.59 Å². The lowest BCUT2D eigenvalue weighted by molar-refractivity contribution is -0.145. The van der Waals surface area contributed by atoms with Gasteiger partial charge in [-0.1, -0.05) is 117 Å². The van der Waals surface area contributed by atoms with E-state index in [0.717, 1.165) is 44.9 Å². The Morgan fingerprint density at radius 1 is 0.562 bits per heavy atom. The van der Waals surface area contributed by atoms with Crippen LogP contribution in [-0.4, -0.2) is 25.2 Å². The fourth-order valence-electron chi connectivity index (χ4n) is 3.95. The zero-order valence-corrected chi connectivity index (χ0v) is 21.8. The Bertz CT molecular complexity index is 422. The third kappa shape index (κ3) is 23.6. The highest BCUT2D eigenvalue weighted by Crippen LogP contribution is 2.16. The van der Waals surface area contributed by atoms with E-state index in [1.54, 1.807) is 0 Å². The fourth-order valence-corrected chi connectivity index (χ4v) is 3.95. The van der Waals surface area contributed by atoms with Crippen LogP contribution in [0.1, 0.15) is 149 Å². The third-order valence-electron chi connectivity index (χ3n) is 6.11. The SMILES string of the molecule is CCCCCCOC(=O)CCCCCCCCCCCC(C)CC(=O)OCCCCCC. The van der Waals surface area contributed by atoms with E-state index in [-0.39, 0.29) is 11.9 Å². The van der Waals surface area contributed by atoms with Gasteiger partial charge in [-0.25, -0.2) is 0 Å². The second kappa shape index (κ2) is 24.6. The van der Waals surface area contributed by atoms with Crippen molar-refractivity contribution in [2.24, 2.45) is 5.92 Å². The van der Waals surface area contributed by atoms with Crippen molar-refractivity contribution in [1.29, 1.82) is 0 Å². The largest absolute Gasteiger partial charge is 0.466 e. The number of carbonyl (C=O) groups excluding carboxylic acids is 2. The molecule has 4 nitrogen and oxygen atoms in total. The molecule has 190 valence electrons. The molecule has 4 heteroatoms. The highest BCUT2D eigenvalue weighted by atomic mass is 16.5.